The average molecular weight is 277 g/mol. The first-order valence-electron chi connectivity index (χ1n) is 4.54. The summed E-state index contributed by atoms with van der Waals surface area (Å²) in [6.45, 7) is 1.78. The molecule has 0 bridgehead atoms. The Morgan fingerprint density at radius 3 is 2.67 bits per heavy atom. The number of carbonyl (C=O) groups is 1. The van der Waals surface area contributed by atoms with Gasteiger partial charge in [-0.1, -0.05) is 33.6 Å². The Labute approximate surface area is 95.6 Å². The number of halogens is 3. The molecule has 1 rings (SSSR count). The van der Waals surface area contributed by atoms with Crippen LogP contribution in [0, 0.1) is 6.92 Å². The molecule has 0 aliphatic carbocycles. The molecule has 4 heteroatoms. The highest BCUT2D eigenvalue weighted by Gasteiger charge is 2.17. The van der Waals surface area contributed by atoms with Crippen LogP contribution in [-0.4, -0.2) is 11.1 Å². The highest BCUT2D eigenvalue weighted by molar-refractivity contribution is 9.09. The summed E-state index contributed by atoms with van der Waals surface area (Å²) in [4.78, 5) is 11.6. The number of alkyl halides is 3. The van der Waals surface area contributed by atoms with Gasteiger partial charge in [0.2, 0.25) is 0 Å². The van der Waals surface area contributed by atoms with Gasteiger partial charge in [0.05, 0.1) is 0 Å². The van der Waals surface area contributed by atoms with Crippen molar-refractivity contribution in [3.05, 3.63) is 34.9 Å². The summed E-state index contributed by atoms with van der Waals surface area (Å²) in [6.07, 6.45) is -2.36. The highest BCUT2D eigenvalue weighted by Crippen LogP contribution is 2.25. The standard InChI is InChI=1S/C11H11BrF2O/c1-7-2-3-8(11(13)14)9(6-7)10(15)4-5-12/h2-3,6,11H,4-5H2,1H3. The fourth-order valence-corrected chi connectivity index (χ4v) is 1.68. The van der Waals surface area contributed by atoms with Gasteiger partial charge in [0.25, 0.3) is 6.43 Å². The van der Waals surface area contributed by atoms with Gasteiger partial charge in [0.1, 0.15) is 0 Å². The van der Waals surface area contributed by atoms with Gasteiger partial charge >= 0.3 is 0 Å². The Balaban J connectivity index is 3.12. The summed E-state index contributed by atoms with van der Waals surface area (Å²) in [5.41, 5.74) is 0.785. The van der Waals surface area contributed by atoms with Crippen LogP contribution in [0.5, 0.6) is 0 Å². The summed E-state index contributed by atoms with van der Waals surface area (Å²) in [5.74, 6) is -0.245. The van der Waals surface area contributed by atoms with Crippen LogP contribution in [0.1, 0.15) is 34.3 Å². The first-order valence-corrected chi connectivity index (χ1v) is 5.66. The van der Waals surface area contributed by atoms with Gasteiger partial charge in [-0.05, 0) is 13.0 Å². The van der Waals surface area contributed by atoms with E-state index in [0.717, 1.165) is 5.56 Å². The van der Waals surface area contributed by atoms with E-state index in [0.29, 0.717) is 5.33 Å². The molecule has 0 N–H and O–H groups in total. The Bertz CT molecular complexity index is 364. The molecule has 0 saturated carbocycles. The van der Waals surface area contributed by atoms with E-state index in [2.05, 4.69) is 15.9 Å². The second-order valence-electron chi connectivity index (χ2n) is 3.25. The third-order valence-corrected chi connectivity index (χ3v) is 2.46. The molecule has 0 heterocycles. The molecule has 1 aromatic rings. The van der Waals surface area contributed by atoms with Gasteiger partial charge in [-0.25, -0.2) is 8.78 Å². The lowest BCUT2D eigenvalue weighted by molar-refractivity contribution is 0.0976. The molecule has 15 heavy (non-hydrogen) atoms. The Morgan fingerprint density at radius 2 is 2.13 bits per heavy atom. The van der Waals surface area contributed by atoms with Crippen LogP contribution in [0.4, 0.5) is 8.78 Å². The van der Waals surface area contributed by atoms with Gasteiger partial charge in [0.15, 0.2) is 5.78 Å². The van der Waals surface area contributed by atoms with E-state index in [1.807, 2.05) is 0 Å². The van der Waals surface area contributed by atoms with Crippen LogP contribution < -0.4 is 0 Å². The third-order valence-electron chi connectivity index (χ3n) is 2.07. The molecule has 0 amide bonds. The minimum Gasteiger partial charge on any atom is -0.294 e. The normalized spacial score (nSPS) is 10.7. The predicted molar refractivity (Wildman–Crippen MR) is 58.9 cm³/mol. The highest BCUT2D eigenvalue weighted by atomic mass is 79.9. The van der Waals surface area contributed by atoms with Crippen LogP contribution in [0.15, 0.2) is 18.2 Å². The van der Waals surface area contributed by atoms with Crippen molar-refractivity contribution in [1.82, 2.24) is 0 Å². The molecule has 0 radical (unpaired) electrons. The van der Waals surface area contributed by atoms with E-state index < -0.39 is 6.43 Å². The monoisotopic (exact) mass is 276 g/mol. The van der Waals surface area contributed by atoms with E-state index in [9.17, 15) is 13.6 Å². The van der Waals surface area contributed by atoms with Crippen LogP contribution in [0.3, 0.4) is 0 Å². The molecular formula is C11H11BrF2O. The molecule has 1 aromatic carbocycles. The zero-order valence-electron chi connectivity index (χ0n) is 8.27. The summed E-state index contributed by atoms with van der Waals surface area (Å²) in [6, 6.07) is 4.43. The van der Waals surface area contributed by atoms with Crippen molar-refractivity contribution in [1.29, 1.82) is 0 Å². The minimum absolute atomic E-state index is 0.143. The zero-order chi connectivity index (χ0) is 11.4. The van der Waals surface area contributed by atoms with Crippen LogP contribution in [0.25, 0.3) is 0 Å². The zero-order valence-corrected chi connectivity index (χ0v) is 9.85. The quantitative estimate of drug-likeness (QED) is 0.602. The second-order valence-corrected chi connectivity index (χ2v) is 4.05. The number of hydrogen-bond acceptors (Lipinski definition) is 1. The number of Topliss-reactive ketones (excluding diaryl/α,β-unsaturated/α-hetero) is 1. The van der Waals surface area contributed by atoms with Gasteiger partial charge in [-0.15, -0.1) is 0 Å². The maximum Gasteiger partial charge on any atom is 0.264 e. The fraction of sp³-hybridized carbons (Fsp3) is 0.364. The average Bonchev–Trinajstić information content (AvgIpc) is 2.17. The predicted octanol–water partition coefficient (Wildman–Crippen LogP) is 3.90. The lowest BCUT2D eigenvalue weighted by Gasteiger charge is -2.08. The van der Waals surface area contributed by atoms with Gasteiger partial charge < -0.3 is 0 Å². The van der Waals surface area contributed by atoms with Crippen molar-refractivity contribution in [2.24, 2.45) is 0 Å². The van der Waals surface area contributed by atoms with Gasteiger partial charge in [-0.2, -0.15) is 0 Å². The number of rotatable bonds is 4. The maximum atomic E-state index is 12.6. The van der Waals surface area contributed by atoms with Crippen LogP contribution in [0.2, 0.25) is 0 Å². The summed E-state index contributed by atoms with van der Waals surface area (Å²) >= 11 is 3.12. The number of hydrogen-bond donors (Lipinski definition) is 0. The van der Waals surface area contributed by atoms with Crippen molar-refractivity contribution in [2.45, 2.75) is 19.8 Å². The van der Waals surface area contributed by atoms with Crippen molar-refractivity contribution in [2.75, 3.05) is 5.33 Å². The van der Waals surface area contributed by atoms with Crippen molar-refractivity contribution < 1.29 is 13.6 Å². The molecule has 0 aromatic heterocycles. The minimum atomic E-state index is -2.60. The summed E-state index contributed by atoms with van der Waals surface area (Å²) in [5, 5.41) is 0.489. The SMILES string of the molecule is Cc1ccc(C(F)F)c(C(=O)CCBr)c1. The maximum absolute atomic E-state index is 12.6. The Morgan fingerprint density at radius 1 is 1.47 bits per heavy atom. The molecule has 0 spiro atoms. The summed E-state index contributed by atoms with van der Waals surface area (Å²) < 4.78 is 25.2. The van der Waals surface area contributed by atoms with E-state index in [1.165, 1.54) is 12.1 Å². The van der Waals surface area contributed by atoms with Crippen LogP contribution in [-0.2, 0) is 0 Å². The lowest BCUT2D eigenvalue weighted by atomic mass is 10.00. The number of aryl methyl sites for hydroxylation is 1. The second kappa shape index (κ2) is 5.35. The van der Waals surface area contributed by atoms with Gasteiger partial charge in [0, 0.05) is 22.9 Å². The third kappa shape index (κ3) is 3.09. The first kappa shape index (κ1) is 12.3. The van der Waals surface area contributed by atoms with Gasteiger partial charge in [-0.3, -0.25) is 4.79 Å². The molecular weight excluding hydrogens is 266 g/mol. The largest absolute Gasteiger partial charge is 0.294 e. The Hall–Kier alpha value is -0.770. The van der Waals surface area contributed by atoms with Crippen molar-refractivity contribution >= 4 is 21.7 Å². The Kier molecular flexibility index (Phi) is 4.39. The van der Waals surface area contributed by atoms with E-state index in [1.54, 1.807) is 13.0 Å². The number of ketones is 1. The van der Waals surface area contributed by atoms with E-state index in [-0.39, 0.29) is 23.3 Å². The smallest absolute Gasteiger partial charge is 0.264 e. The number of benzene rings is 1. The molecule has 0 atom stereocenters. The topological polar surface area (TPSA) is 17.1 Å². The molecule has 0 aliphatic rings. The number of carbonyl (C=O) groups excluding carboxylic acids is 1. The lowest BCUT2D eigenvalue weighted by Crippen LogP contribution is -2.05. The molecule has 0 aliphatic heterocycles. The molecule has 1 nitrogen and oxygen atoms in total. The van der Waals surface area contributed by atoms with E-state index in [4.69, 9.17) is 0 Å². The molecule has 0 fully saturated rings. The summed E-state index contributed by atoms with van der Waals surface area (Å²) in [7, 11) is 0. The molecule has 82 valence electrons. The first-order chi connectivity index (χ1) is 7.06. The van der Waals surface area contributed by atoms with Crippen molar-refractivity contribution in [3.63, 3.8) is 0 Å². The van der Waals surface area contributed by atoms with Crippen LogP contribution >= 0.6 is 15.9 Å². The fourth-order valence-electron chi connectivity index (χ4n) is 1.32. The van der Waals surface area contributed by atoms with E-state index >= 15 is 0 Å². The molecule has 0 unspecified atom stereocenters. The van der Waals surface area contributed by atoms with Crippen molar-refractivity contribution in [3.8, 4) is 0 Å². The molecule has 0 saturated heterocycles.